The summed E-state index contributed by atoms with van der Waals surface area (Å²) >= 11 is 0. The average molecular weight is 962 g/mol. The normalized spacial score (nSPS) is 22.0. The Labute approximate surface area is 436 Å². The van der Waals surface area contributed by atoms with Gasteiger partial charge in [-0.25, -0.2) is 0 Å². The fourth-order valence-corrected chi connectivity index (χ4v) is 19.2. The molecule has 4 heterocycles. The minimum atomic E-state index is -0.615. The van der Waals surface area contributed by atoms with Gasteiger partial charge < -0.3 is 4.57 Å². The zero-order chi connectivity index (χ0) is 49.6. The molecule has 0 radical (unpaired) electrons. The highest BCUT2D eigenvalue weighted by Crippen LogP contribution is 2.88. The molecule has 4 nitrogen and oxygen atoms in total. The van der Waals surface area contributed by atoms with E-state index >= 15 is 4.79 Å². The summed E-state index contributed by atoms with van der Waals surface area (Å²) in [6.07, 6.45) is 4.00. The van der Waals surface area contributed by atoms with Crippen molar-refractivity contribution in [3.8, 4) is 55.9 Å². The van der Waals surface area contributed by atoms with E-state index in [2.05, 4.69) is 201 Å². The number of benzene rings is 9. The Morgan fingerprint density at radius 2 is 1.08 bits per heavy atom. The fraction of sp³-hybridized carbons (Fsp3) is 0.214. The molecule has 0 bridgehead atoms. The van der Waals surface area contributed by atoms with E-state index in [4.69, 9.17) is 0 Å². The average Bonchev–Trinajstić information content (AvgIpc) is 4.08. The highest BCUT2D eigenvalue weighted by atomic mass is 16.1. The van der Waals surface area contributed by atoms with Crippen LogP contribution in [0.1, 0.15) is 97.9 Å². The molecule has 0 N–H and O–H groups in total. The van der Waals surface area contributed by atoms with Crippen LogP contribution in [-0.2, 0) is 5.41 Å². The van der Waals surface area contributed by atoms with E-state index < -0.39 is 5.41 Å². The molecule has 8 aliphatic rings. The summed E-state index contributed by atoms with van der Waals surface area (Å²) in [5, 5.41) is 3.35. The standard InChI is InChI=1S/C70H52BN3O/c1-34-21-36(3)62(37(4)22-34)40-19-20-59-49(25-40)51-26-41(63-38(5)23-35(2)24-39(63)6)27-58-66(51)72(59)61-33-50-46-15-9-12-18-55(46)70(53-16-10-7-13-44(53)45-14-8-11-17-54(45)70)64(50)67-65(61)71(58)74-68(75)52-31-47-48(32-60(52)73(67)74)57-30-43-28-42-29-56(47)69(42,43)57/h7-27,31-33,42-43,56-57H,28-30H2,1-6H3. The third-order valence-corrected chi connectivity index (χ3v) is 21.4. The molecule has 5 unspecified atom stereocenters. The predicted octanol–water partition coefficient (Wildman–Crippen LogP) is 14.3. The number of hydrogen-bond acceptors (Lipinski definition) is 1. The van der Waals surface area contributed by atoms with Crippen LogP contribution >= 0.6 is 0 Å². The first kappa shape index (κ1) is 40.5. The van der Waals surface area contributed by atoms with Crippen LogP contribution in [0.2, 0.25) is 0 Å². The second kappa shape index (κ2) is 12.8. The highest BCUT2D eigenvalue weighted by molar-refractivity contribution is 6.89. The van der Waals surface area contributed by atoms with Gasteiger partial charge in [-0.3, -0.25) is 14.1 Å². The molecular weight excluding hydrogens is 910 g/mol. The van der Waals surface area contributed by atoms with E-state index in [1.165, 1.54) is 175 Å². The van der Waals surface area contributed by atoms with Crippen LogP contribution < -0.4 is 16.5 Å². The molecule has 3 fully saturated rings. The zero-order valence-corrected chi connectivity index (χ0v) is 43.1. The molecule has 5 heteroatoms. The second-order valence-electron chi connectivity index (χ2n) is 24.6. The summed E-state index contributed by atoms with van der Waals surface area (Å²) in [5.41, 5.74) is 34.4. The van der Waals surface area contributed by atoms with E-state index in [-0.39, 0.29) is 12.4 Å². The Kier molecular flexibility index (Phi) is 6.90. The molecule has 2 aromatic heterocycles. The molecule has 2 aliphatic heterocycles. The number of hydrogen-bond donors (Lipinski definition) is 0. The maximum atomic E-state index is 16.4. The van der Waals surface area contributed by atoms with Crippen molar-refractivity contribution in [1.29, 1.82) is 0 Å². The molecule has 11 aromatic rings. The molecule has 6 aliphatic carbocycles. The van der Waals surface area contributed by atoms with Gasteiger partial charge in [0.15, 0.2) is 0 Å². The molecule has 9 aromatic carbocycles. The number of aromatic nitrogens is 3. The molecule has 0 saturated heterocycles. The monoisotopic (exact) mass is 961 g/mol. The summed E-state index contributed by atoms with van der Waals surface area (Å²) in [5.74, 6) is 2.94. The molecule has 75 heavy (non-hydrogen) atoms. The van der Waals surface area contributed by atoms with Crippen molar-refractivity contribution in [1.82, 2.24) is 13.8 Å². The van der Waals surface area contributed by atoms with Gasteiger partial charge >= 0.3 is 6.85 Å². The van der Waals surface area contributed by atoms with Crippen LogP contribution in [0, 0.1) is 58.8 Å². The van der Waals surface area contributed by atoms with E-state index in [1.807, 2.05) is 0 Å². The SMILES string of the molecule is Cc1cc(C)c(-c2ccc3c(c2)c2cc(-c4c(C)cc(C)cc4C)cc4c2n3-c2cc3c(c5c2B4n2c(=O)c4cc6c(cc4n2-5)C2CC4CC5CC6C542)C2(c4ccccc4-c4ccccc42)c2ccccc2-3)c(C)c1. The Balaban J connectivity index is 1.00. The van der Waals surface area contributed by atoms with E-state index in [0.29, 0.717) is 17.3 Å². The van der Waals surface area contributed by atoms with Gasteiger partial charge in [0.05, 0.1) is 33.0 Å². The van der Waals surface area contributed by atoms with Crippen LogP contribution in [0.25, 0.3) is 88.6 Å². The smallest absolute Gasteiger partial charge is 0.310 e. The molecule has 0 amide bonds. The minimum Gasteiger partial charge on any atom is -0.310 e. The van der Waals surface area contributed by atoms with Crippen LogP contribution in [0.15, 0.2) is 150 Å². The van der Waals surface area contributed by atoms with Gasteiger partial charge in [-0.2, -0.15) is 0 Å². The summed E-state index contributed by atoms with van der Waals surface area (Å²) in [4.78, 5) is 16.4. The third kappa shape index (κ3) is 4.21. The largest absolute Gasteiger partial charge is 0.357 e. The Hall–Kier alpha value is -7.89. The quantitative estimate of drug-likeness (QED) is 0.159. The maximum Gasteiger partial charge on any atom is 0.357 e. The van der Waals surface area contributed by atoms with Crippen molar-refractivity contribution in [2.45, 2.75) is 78.1 Å². The topological polar surface area (TPSA) is 31.9 Å². The minimum absolute atomic E-state index is 0.127. The first-order chi connectivity index (χ1) is 36.6. The van der Waals surface area contributed by atoms with Gasteiger partial charge in [-0.1, -0.05) is 120 Å². The van der Waals surface area contributed by atoms with Crippen molar-refractivity contribution in [2.75, 3.05) is 0 Å². The van der Waals surface area contributed by atoms with Gasteiger partial charge in [0, 0.05) is 27.5 Å². The second-order valence-corrected chi connectivity index (χ2v) is 24.6. The lowest BCUT2D eigenvalue weighted by Gasteiger charge is -2.76. The molecule has 3 saturated carbocycles. The first-order valence-corrected chi connectivity index (χ1v) is 27.7. The van der Waals surface area contributed by atoms with Gasteiger partial charge in [0.25, 0.3) is 5.56 Å². The van der Waals surface area contributed by atoms with Crippen LogP contribution in [0.3, 0.4) is 0 Å². The number of nitrogens with zero attached hydrogens (tertiary/aromatic N) is 3. The van der Waals surface area contributed by atoms with Crippen LogP contribution in [0.5, 0.6) is 0 Å². The molecule has 2 spiro atoms. The fourth-order valence-electron chi connectivity index (χ4n) is 19.2. The highest BCUT2D eigenvalue weighted by Gasteiger charge is 2.78. The van der Waals surface area contributed by atoms with Gasteiger partial charge in [-0.05, 0) is 226 Å². The summed E-state index contributed by atoms with van der Waals surface area (Å²) in [7, 11) is 0. The number of rotatable bonds is 2. The molecule has 356 valence electrons. The lowest BCUT2D eigenvalue weighted by atomic mass is 9.28. The van der Waals surface area contributed by atoms with Crippen molar-refractivity contribution in [3.63, 3.8) is 0 Å². The lowest BCUT2D eigenvalue weighted by Crippen LogP contribution is -2.68. The van der Waals surface area contributed by atoms with Crippen molar-refractivity contribution < 1.29 is 0 Å². The van der Waals surface area contributed by atoms with Gasteiger partial charge in [-0.15, -0.1) is 0 Å². The van der Waals surface area contributed by atoms with Crippen LogP contribution in [0.4, 0.5) is 0 Å². The summed E-state index contributed by atoms with van der Waals surface area (Å²) in [6.45, 7) is 13.1. The summed E-state index contributed by atoms with van der Waals surface area (Å²) < 4.78 is 7.37. The Morgan fingerprint density at radius 1 is 0.520 bits per heavy atom. The van der Waals surface area contributed by atoms with Crippen LogP contribution in [-0.4, -0.2) is 20.7 Å². The predicted molar refractivity (Wildman–Crippen MR) is 307 cm³/mol. The van der Waals surface area contributed by atoms with E-state index in [9.17, 15) is 0 Å². The van der Waals surface area contributed by atoms with Crippen molar-refractivity contribution in [3.05, 3.63) is 223 Å². The zero-order valence-electron chi connectivity index (χ0n) is 43.1. The molecule has 19 rings (SSSR count). The lowest BCUT2D eigenvalue weighted by molar-refractivity contribution is -0.240. The molecular formula is C70H52BN3O. The van der Waals surface area contributed by atoms with E-state index in [0.717, 1.165) is 22.7 Å². The van der Waals surface area contributed by atoms with E-state index in [1.54, 1.807) is 0 Å². The maximum absolute atomic E-state index is 16.4. The Bertz CT molecular complexity index is 4630. The third-order valence-electron chi connectivity index (χ3n) is 21.4. The molecule has 5 atom stereocenters. The van der Waals surface area contributed by atoms with Crippen molar-refractivity contribution in [2.24, 2.45) is 17.3 Å². The van der Waals surface area contributed by atoms with Gasteiger partial charge in [0.1, 0.15) is 0 Å². The van der Waals surface area contributed by atoms with Gasteiger partial charge in [0.2, 0.25) is 0 Å². The number of aryl methyl sites for hydroxylation is 6. The number of fused-ring (bicyclic) bond motifs is 24. The summed E-state index contributed by atoms with van der Waals surface area (Å²) in [6, 6.07) is 56.8. The van der Waals surface area contributed by atoms with Crippen molar-refractivity contribution >= 4 is 50.5 Å². The first-order valence-electron chi connectivity index (χ1n) is 27.7. The Morgan fingerprint density at radius 3 is 1.69 bits per heavy atom.